The Morgan fingerprint density at radius 2 is 1.89 bits per heavy atom. The summed E-state index contributed by atoms with van der Waals surface area (Å²) in [6, 6.07) is 21.5. The molecule has 0 fully saturated rings. The van der Waals surface area contributed by atoms with Crippen molar-refractivity contribution in [1.29, 1.82) is 0 Å². The third-order valence-electron chi connectivity index (χ3n) is 4.77. The Bertz CT molecular complexity index is 1180. The zero-order chi connectivity index (χ0) is 19.7. The van der Waals surface area contributed by atoms with Gasteiger partial charge in [-0.25, -0.2) is 9.78 Å². The van der Waals surface area contributed by atoms with Crippen LogP contribution in [0.15, 0.2) is 66.7 Å². The predicted molar refractivity (Wildman–Crippen MR) is 109 cm³/mol. The van der Waals surface area contributed by atoms with Gasteiger partial charge in [0, 0.05) is 16.6 Å². The molecule has 28 heavy (non-hydrogen) atoms. The maximum absolute atomic E-state index is 11.3. The largest absolute Gasteiger partial charge is 0.497 e. The number of carboxylic acids is 1. The highest BCUT2D eigenvalue weighted by Gasteiger charge is 2.14. The van der Waals surface area contributed by atoms with Crippen LogP contribution in [-0.4, -0.2) is 27.7 Å². The fraction of sp³-hybridized carbons (Fsp3) is 0.130. The Kier molecular flexibility index (Phi) is 4.57. The smallest absolute Gasteiger partial charge is 0.354 e. The molecule has 0 radical (unpaired) electrons. The molecule has 0 amide bonds. The fourth-order valence-corrected chi connectivity index (χ4v) is 3.44. The highest BCUT2D eigenvalue weighted by molar-refractivity contribution is 5.88. The van der Waals surface area contributed by atoms with Gasteiger partial charge in [-0.2, -0.15) is 0 Å². The minimum absolute atomic E-state index is 0.0488. The van der Waals surface area contributed by atoms with Crippen LogP contribution in [0.3, 0.4) is 0 Å². The van der Waals surface area contributed by atoms with Crippen molar-refractivity contribution in [2.45, 2.75) is 13.5 Å². The van der Waals surface area contributed by atoms with E-state index in [4.69, 9.17) is 4.74 Å². The molecule has 0 bridgehead atoms. The molecule has 1 N–H and O–H groups in total. The van der Waals surface area contributed by atoms with Crippen LogP contribution in [0.1, 0.15) is 21.7 Å². The van der Waals surface area contributed by atoms with Crippen LogP contribution in [0.5, 0.6) is 5.75 Å². The maximum atomic E-state index is 11.3. The summed E-state index contributed by atoms with van der Waals surface area (Å²) in [5, 5.41) is 10.3. The Morgan fingerprint density at radius 1 is 1.07 bits per heavy atom. The van der Waals surface area contributed by atoms with Crippen molar-refractivity contribution in [2.24, 2.45) is 0 Å². The number of methoxy groups -OCH3 is 1. The van der Waals surface area contributed by atoms with E-state index >= 15 is 0 Å². The van der Waals surface area contributed by atoms with Gasteiger partial charge in [-0.15, -0.1) is 0 Å². The maximum Gasteiger partial charge on any atom is 0.354 e. The van der Waals surface area contributed by atoms with Crippen molar-refractivity contribution in [2.75, 3.05) is 7.11 Å². The van der Waals surface area contributed by atoms with Crippen LogP contribution in [0.2, 0.25) is 0 Å². The van der Waals surface area contributed by atoms with Gasteiger partial charge in [0.2, 0.25) is 0 Å². The molecule has 2 aromatic carbocycles. The van der Waals surface area contributed by atoms with Crippen molar-refractivity contribution in [3.63, 3.8) is 0 Å². The number of aryl methyl sites for hydroxylation is 1. The first-order chi connectivity index (χ1) is 13.5. The van der Waals surface area contributed by atoms with Gasteiger partial charge < -0.3 is 14.4 Å². The number of benzene rings is 2. The summed E-state index contributed by atoms with van der Waals surface area (Å²) < 4.78 is 7.53. The Balaban J connectivity index is 1.88. The molecule has 2 aromatic heterocycles. The van der Waals surface area contributed by atoms with Crippen LogP contribution in [0.25, 0.3) is 22.2 Å². The second-order valence-electron chi connectivity index (χ2n) is 6.73. The molecule has 0 saturated carbocycles. The molecule has 5 nitrogen and oxygen atoms in total. The van der Waals surface area contributed by atoms with E-state index in [2.05, 4.69) is 40.7 Å². The van der Waals surface area contributed by atoms with Gasteiger partial charge in [-0.3, -0.25) is 0 Å². The Morgan fingerprint density at radius 3 is 2.64 bits per heavy atom. The van der Waals surface area contributed by atoms with Crippen molar-refractivity contribution >= 4 is 16.9 Å². The molecule has 2 heterocycles. The lowest BCUT2D eigenvalue weighted by Gasteiger charge is -2.12. The summed E-state index contributed by atoms with van der Waals surface area (Å²) >= 11 is 0. The van der Waals surface area contributed by atoms with E-state index in [1.807, 2.05) is 30.3 Å². The number of carboxylic acid groups (broad SMARTS) is 1. The first-order valence-electron chi connectivity index (χ1n) is 8.99. The van der Waals surface area contributed by atoms with Crippen LogP contribution >= 0.6 is 0 Å². The number of rotatable bonds is 5. The first-order valence-corrected chi connectivity index (χ1v) is 8.99. The summed E-state index contributed by atoms with van der Waals surface area (Å²) in [5.41, 5.74) is 5.12. The van der Waals surface area contributed by atoms with Gasteiger partial charge in [0.05, 0.1) is 19.3 Å². The quantitative estimate of drug-likeness (QED) is 0.548. The summed E-state index contributed by atoms with van der Waals surface area (Å²) in [7, 11) is 1.65. The molecule has 0 atom stereocenters. The van der Waals surface area contributed by atoms with Gasteiger partial charge in [-0.05, 0) is 55.0 Å². The van der Waals surface area contributed by atoms with Crippen molar-refractivity contribution in [3.05, 3.63) is 83.7 Å². The number of pyridine rings is 1. The Labute approximate surface area is 162 Å². The van der Waals surface area contributed by atoms with Gasteiger partial charge in [0.15, 0.2) is 0 Å². The third-order valence-corrected chi connectivity index (χ3v) is 4.77. The number of aromatic carboxylic acids is 1. The molecule has 0 unspecified atom stereocenters. The van der Waals surface area contributed by atoms with Gasteiger partial charge >= 0.3 is 5.97 Å². The second kappa shape index (κ2) is 7.19. The molecule has 4 aromatic rings. The lowest BCUT2D eigenvalue weighted by Crippen LogP contribution is -2.07. The molecule has 0 aliphatic heterocycles. The zero-order valence-electron chi connectivity index (χ0n) is 15.7. The Hall–Kier alpha value is -3.60. The number of nitrogens with zero attached hydrogens (tertiary/aromatic N) is 2. The minimum atomic E-state index is -1.03. The second-order valence-corrected chi connectivity index (χ2v) is 6.73. The van der Waals surface area contributed by atoms with Crippen molar-refractivity contribution in [1.82, 2.24) is 9.55 Å². The number of hydrogen-bond donors (Lipinski definition) is 1. The van der Waals surface area contributed by atoms with E-state index in [1.165, 1.54) is 11.6 Å². The molecule has 0 aliphatic carbocycles. The molecule has 4 rings (SSSR count). The van der Waals surface area contributed by atoms with E-state index in [0.717, 1.165) is 27.9 Å². The van der Waals surface area contributed by atoms with E-state index in [9.17, 15) is 9.90 Å². The first kappa shape index (κ1) is 17.8. The lowest BCUT2D eigenvalue weighted by atomic mass is 10.1. The fourth-order valence-electron chi connectivity index (χ4n) is 3.44. The molecule has 5 heteroatoms. The molecule has 0 spiro atoms. The van der Waals surface area contributed by atoms with E-state index < -0.39 is 5.97 Å². The average molecular weight is 372 g/mol. The predicted octanol–water partition coefficient (Wildman–Crippen LogP) is 4.77. The van der Waals surface area contributed by atoms with Crippen molar-refractivity contribution in [3.8, 4) is 17.0 Å². The summed E-state index contributed by atoms with van der Waals surface area (Å²) in [5.74, 6) is -0.228. The van der Waals surface area contributed by atoms with Crippen LogP contribution < -0.4 is 4.74 Å². The molecule has 0 aliphatic rings. The standard InChI is InChI=1S/C23H20N2O3/c1-15-5-3-6-16(11-15)22-13-17-12-19(28-2)9-10-21(17)25(22)14-18-7-4-8-20(24-18)23(26)27/h3-13H,14H2,1-2H3,(H,26,27). The average Bonchev–Trinajstić information content (AvgIpc) is 3.05. The highest BCUT2D eigenvalue weighted by Crippen LogP contribution is 2.31. The highest BCUT2D eigenvalue weighted by atomic mass is 16.5. The van der Waals surface area contributed by atoms with Gasteiger partial charge in [0.1, 0.15) is 11.4 Å². The molecular weight excluding hydrogens is 352 g/mol. The zero-order valence-corrected chi connectivity index (χ0v) is 15.7. The number of ether oxygens (including phenoxy) is 1. The lowest BCUT2D eigenvalue weighted by molar-refractivity contribution is 0.0690. The van der Waals surface area contributed by atoms with E-state index in [0.29, 0.717) is 12.2 Å². The monoisotopic (exact) mass is 372 g/mol. The van der Waals surface area contributed by atoms with Crippen LogP contribution in [-0.2, 0) is 6.54 Å². The SMILES string of the molecule is COc1ccc2c(c1)cc(-c1cccc(C)c1)n2Cc1cccc(C(=O)O)n1. The summed E-state index contributed by atoms with van der Waals surface area (Å²) in [6.07, 6.45) is 0. The number of fused-ring (bicyclic) bond motifs is 1. The van der Waals surface area contributed by atoms with Gasteiger partial charge in [0.25, 0.3) is 0 Å². The molecule has 0 saturated heterocycles. The van der Waals surface area contributed by atoms with Gasteiger partial charge in [-0.1, -0.05) is 29.8 Å². The summed E-state index contributed by atoms with van der Waals surface area (Å²) in [4.78, 5) is 15.6. The van der Waals surface area contributed by atoms with Crippen LogP contribution in [0, 0.1) is 6.92 Å². The summed E-state index contributed by atoms with van der Waals surface area (Å²) in [6.45, 7) is 2.54. The number of aromatic nitrogens is 2. The molecule has 140 valence electrons. The van der Waals surface area contributed by atoms with E-state index in [-0.39, 0.29) is 5.69 Å². The normalized spacial score (nSPS) is 10.9. The third kappa shape index (κ3) is 3.34. The van der Waals surface area contributed by atoms with E-state index in [1.54, 1.807) is 13.2 Å². The minimum Gasteiger partial charge on any atom is -0.497 e. The topological polar surface area (TPSA) is 64.3 Å². The van der Waals surface area contributed by atoms with Crippen molar-refractivity contribution < 1.29 is 14.6 Å². The number of carbonyl (C=O) groups is 1. The van der Waals surface area contributed by atoms with Crippen LogP contribution in [0.4, 0.5) is 0 Å². The number of hydrogen-bond acceptors (Lipinski definition) is 3. The molecular formula is C23H20N2O3.